The highest BCUT2D eigenvalue weighted by Crippen LogP contribution is 2.37. The summed E-state index contributed by atoms with van der Waals surface area (Å²) in [6.07, 6.45) is -1.17. The van der Waals surface area contributed by atoms with Gasteiger partial charge in [-0.15, -0.1) is 5.10 Å². The lowest BCUT2D eigenvalue weighted by molar-refractivity contribution is -0.137. The van der Waals surface area contributed by atoms with E-state index in [1.807, 2.05) is 35.3 Å². The molecule has 34 heavy (non-hydrogen) atoms. The molecule has 1 aliphatic rings. The van der Waals surface area contributed by atoms with Gasteiger partial charge in [0.05, 0.1) is 5.56 Å². The van der Waals surface area contributed by atoms with Gasteiger partial charge in [-0.25, -0.2) is 9.97 Å². The second-order valence-corrected chi connectivity index (χ2v) is 7.57. The standard InChI is InChI=1S/C23H19F3N6.CH3I/c24-23(25,26)17-12-6-4-10-15(17)20-27-18-13-7-5-11-16(18)21(28-20)30-22-29-19(31-32-22)14-8-2-1-3-9-14;1-2/h1-4,6,8-10,12H,5,7,11,13H2,(H2,27,28,29,30,31,32);1H3. The van der Waals surface area contributed by atoms with E-state index < -0.39 is 11.7 Å². The minimum absolute atomic E-state index is 0.0416. The van der Waals surface area contributed by atoms with Crippen LogP contribution in [0.5, 0.6) is 0 Å². The van der Waals surface area contributed by atoms with Crippen LogP contribution in [-0.2, 0) is 19.0 Å². The summed E-state index contributed by atoms with van der Waals surface area (Å²) in [5.41, 5.74) is 1.73. The maximum atomic E-state index is 13.6. The topological polar surface area (TPSA) is 79.4 Å². The summed E-state index contributed by atoms with van der Waals surface area (Å²) < 4.78 is 40.8. The Kier molecular flexibility index (Phi) is 7.44. The largest absolute Gasteiger partial charge is 0.417 e. The van der Waals surface area contributed by atoms with Crippen LogP contribution in [0.15, 0.2) is 54.6 Å². The van der Waals surface area contributed by atoms with Crippen LogP contribution < -0.4 is 5.32 Å². The van der Waals surface area contributed by atoms with Gasteiger partial charge >= 0.3 is 6.18 Å². The summed E-state index contributed by atoms with van der Waals surface area (Å²) in [5, 5.41) is 10.2. The number of fused-ring (bicyclic) bond motifs is 1. The molecule has 0 aliphatic heterocycles. The summed E-state index contributed by atoms with van der Waals surface area (Å²) >= 11 is 2.15. The Morgan fingerprint density at radius 1 is 0.882 bits per heavy atom. The highest BCUT2D eigenvalue weighted by molar-refractivity contribution is 14.1. The van der Waals surface area contributed by atoms with E-state index in [9.17, 15) is 13.2 Å². The van der Waals surface area contributed by atoms with Gasteiger partial charge in [-0.1, -0.05) is 71.1 Å². The molecule has 0 bridgehead atoms. The first kappa shape index (κ1) is 24.1. The van der Waals surface area contributed by atoms with Crippen molar-refractivity contribution in [3.8, 4) is 22.8 Å². The number of aryl methyl sites for hydroxylation is 1. The van der Waals surface area contributed by atoms with Gasteiger partial charge in [-0.05, 0) is 36.7 Å². The number of nitrogens with zero attached hydrogens (tertiary/aromatic N) is 4. The Morgan fingerprint density at radius 3 is 2.35 bits per heavy atom. The predicted octanol–water partition coefficient (Wildman–Crippen LogP) is 6.62. The Labute approximate surface area is 208 Å². The van der Waals surface area contributed by atoms with E-state index in [0.717, 1.165) is 42.1 Å². The predicted molar refractivity (Wildman–Crippen MR) is 134 cm³/mol. The summed E-state index contributed by atoms with van der Waals surface area (Å²) in [6, 6.07) is 14.9. The Bertz CT molecular complexity index is 1260. The van der Waals surface area contributed by atoms with Crippen molar-refractivity contribution in [3.63, 3.8) is 0 Å². The molecule has 0 spiro atoms. The van der Waals surface area contributed by atoms with Crippen molar-refractivity contribution in [1.82, 2.24) is 25.1 Å². The summed E-state index contributed by atoms with van der Waals surface area (Å²) in [5.74, 6) is 1.37. The minimum Gasteiger partial charge on any atom is -0.307 e. The lowest BCUT2D eigenvalue weighted by Crippen LogP contribution is -2.14. The van der Waals surface area contributed by atoms with Crippen LogP contribution in [-0.4, -0.2) is 30.1 Å². The molecule has 0 saturated heterocycles. The molecule has 0 unspecified atom stereocenters. The molecule has 176 valence electrons. The van der Waals surface area contributed by atoms with Crippen molar-refractivity contribution in [2.24, 2.45) is 0 Å². The third-order valence-corrected chi connectivity index (χ3v) is 5.42. The van der Waals surface area contributed by atoms with E-state index in [1.54, 1.807) is 6.07 Å². The molecule has 2 heterocycles. The molecular weight excluding hydrogens is 556 g/mol. The molecule has 4 aromatic rings. The number of aromatic nitrogens is 5. The van der Waals surface area contributed by atoms with Crippen LogP contribution in [0.1, 0.15) is 29.7 Å². The second kappa shape index (κ2) is 10.5. The van der Waals surface area contributed by atoms with Gasteiger partial charge in [0, 0.05) is 22.4 Å². The van der Waals surface area contributed by atoms with Gasteiger partial charge in [0.15, 0.2) is 11.6 Å². The van der Waals surface area contributed by atoms with Crippen LogP contribution in [0.2, 0.25) is 0 Å². The molecule has 0 saturated carbocycles. The van der Waals surface area contributed by atoms with Crippen LogP contribution in [0.25, 0.3) is 22.8 Å². The van der Waals surface area contributed by atoms with Crippen molar-refractivity contribution in [2.45, 2.75) is 31.9 Å². The molecule has 5 rings (SSSR count). The van der Waals surface area contributed by atoms with E-state index in [4.69, 9.17) is 0 Å². The normalized spacial score (nSPS) is 13.0. The number of hydrogen-bond acceptors (Lipinski definition) is 5. The highest BCUT2D eigenvalue weighted by Gasteiger charge is 2.34. The molecule has 0 amide bonds. The van der Waals surface area contributed by atoms with Crippen LogP contribution in [0, 0.1) is 0 Å². The molecule has 6 nitrogen and oxygen atoms in total. The summed E-state index contributed by atoms with van der Waals surface area (Å²) in [6.45, 7) is 0. The van der Waals surface area contributed by atoms with Gasteiger partial charge in [0.2, 0.25) is 5.95 Å². The van der Waals surface area contributed by atoms with Gasteiger partial charge in [-0.3, -0.25) is 5.10 Å². The fourth-order valence-electron chi connectivity index (χ4n) is 3.89. The third-order valence-electron chi connectivity index (χ3n) is 5.42. The first-order valence-corrected chi connectivity index (χ1v) is 12.8. The van der Waals surface area contributed by atoms with Gasteiger partial charge in [0.1, 0.15) is 5.82 Å². The number of alkyl halides is 4. The fraction of sp³-hybridized carbons (Fsp3) is 0.250. The summed E-state index contributed by atoms with van der Waals surface area (Å²) in [4.78, 5) is 15.4. The molecule has 0 atom stereocenters. The van der Waals surface area contributed by atoms with Crippen molar-refractivity contribution in [2.75, 3.05) is 10.2 Å². The lowest BCUT2D eigenvalue weighted by atomic mass is 9.96. The van der Waals surface area contributed by atoms with Crippen molar-refractivity contribution < 1.29 is 13.2 Å². The lowest BCUT2D eigenvalue weighted by Gasteiger charge is -2.20. The van der Waals surface area contributed by atoms with Crippen molar-refractivity contribution in [1.29, 1.82) is 0 Å². The molecule has 2 aromatic carbocycles. The van der Waals surface area contributed by atoms with Gasteiger partial charge in [0.25, 0.3) is 0 Å². The molecule has 2 N–H and O–H groups in total. The zero-order valence-electron chi connectivity index (χ0n) is 18.3. The van der Waals surface area contributed by atoms with Crippen molar-refractivity contribution >= 4 is 34.4 Å². The average Bonchev–Trinajstić information content (AvgIpc) is 3.34. The molecule has 0 radical (unpaired) electrons. The first-order chi connectivity index (χ1) is 16.5. The molecule has 1 aliphatic carbocycles. The van der Waals surface area contributed by atoms with Gasteiger partial charge < -0.3 is 5.32 Å². The highest BCUT2D eigenvalue weighted by atomic mass is 127. The third kappa shape index (κ3) is 5.21. The zero-order chi connectivity index (χ0) is 24.1. The summed E-state index contributed by atoms with van der Waals surface area (Å²) in [7, 11) is 0. The van der Waals surface area contributed by atoms with E-state index in [2.05, 4.69) is 53.1 Å². The molecule has 2 aromatic heterocycles. The van der Waals surface area contributed by atoms with Gasteiger partial charge in [-0.2, -0.15) is 18.2 Å². The fourth-order valence-corrected chi connectivity index (χ4v) is 3.89. The van der Waals surface area contributed by atoms with Crippen LogP contribution >= 0.6 is 22.6 Å². The molecule has 10 heteroatoms. The number of benzene rings is 2. The number of hydrogen-bond donors (Lipinski definition) is 2. The molecule has 0 fully saturated rings. The second-order valence-electron chi connectivity index (χ2n) is 7.57. The average molecular weight is 578 g/mol. The zero-order valence-corrected chi connectivity index (χ0v) is 20.5. The Balaban J connectivity index is 0.00000133. The number of aromatic amines is 1. The smallest absolute Gasteiger partial charge is 0.307 e. The van der Waals surface area contributed by atoms with E-state index in [1.165, 1.54) is 12.1 Å². The van der Waals surface area contributed by atoms with E-state index in [0.29, 0.717) is 24.0 Å². The van der Waals surface area contributed by atoms with Crippen molar-refractivity contribution in [3.05, 3.63) is 71.4 Å². The maximum Gasteiger partial charge on any atom is 0.417 e. The first-order valence-electron chi connectivity index (χ1n) is 10.7. The molecular formula is C24H22F3IN6. The quantitative estimate of drug-likeness (QED) is 0.210. The number of anilines is 2. The minimum atomic E-state index is -4.50. The van der Waals surface area contributed by atoms with Crippen LogP contribution in [0.4, 0.5) is 24.9 Å². The number of rotatable bonds is 4. The maximum absolute atomic E-state index is 13.6. The SMILES string of the molecule is CI.FC(F)(F)c1ccccc1-c1nc2c(c(Nc3n[nH]c(-c4ccccc4)n3)n1)CCCC2. The monoisotopic (exact) mass is 578 g/mol. The Morgan fingerprint density at radius 2 is 1.59 bits per heavy atom. The number of H-pyrrole nitrogens is 1. The Hall–Kier alpha value is -3.02. The number of nitrogens with one attached hydrogen (secondary N) is 2. The number of halogens is 4. The van der Waals surface area contributed by atoms with E-state index >= 15 is 0 Å². The van der Waals surface area contributed by atoms with E-state index in [-0.39, 0.29) is 11.4 Å². The van der Waals surface area contributed by atoms with Crippen LogP contribution in [0.3, 0.4) is 0 Å².